The van der Waals surface area contributed by atoms with Crippen molar-refractivity contribution in [2.75, 3.05) is 0 Å². The van der Waals surface area contributed by atoms with E-state index in [1.807, 2.05) is 0 Å². The Kier molecular flexibility index (Phi) is 2.11. The van der Waals surface area contributed by atoms with E-state index < -0.39 is 0 Å². The van der Waals surface area contributed by atoms with Crippen LogP contribution in [0.25, 0.3) is 11.1 Å². The summed E-state index contributed by atoms with van der Waals surface area (Å²) in [7, 11) is 0. The van der Waals surface area contributed by atoms with E-state index in [-0.39, 0.29) is 6.04 Å². The van der Waals surface area contributed by atoms with Gasteiger partial charge in [-0.1, -0.05) is 18.2 Å². The Morgan fingerprint density at radius 2 is 2.20 bits per heavy atom. The molecule has 1 heterocycles. The number of nitrogens with two attached hydrogens (primary N) is 1. The van der Waals surface area contributed by atoms with E-state index in [0.29, 0.717) is 0 Å². The van der Waals surface area contributed by atoms with E-state index in [0.717, 1.165) is 12.8 Å². The Balaban J connectivity index is 2.18. The van der Waals surface area contributed by atoms with Gasteiger partial charge in [-0.05, 0) is 51.9 Å². The molecule has 76 valence electrons. The fourth-order valence-electron chi connectivity index (χ4n) is 2.37. The summed E-state index contributed by atoms with van der Waals surface area (Å²) in [6, 6.07) is 8.93. The zero-order valence-corrected chi connectivity index (χ0v) is 9.26. The van der Waals surface area contributed by atoms with Gasteiger partial charge in [-0.15, -0.1) is 0 Å². The van der Waals surface area contributed by atoms with Crippen LogP contribution in [0.2, 0.25) is 0 Å². The van der Waals surface area contributed by atoms with Crippen LogP contribution in [-0.4, -0.2) is 0 Å². The van der Waals surface area contributed by atoms with E-state index in [1.165, 1.54) is 22.3 Å². The van der Waals surface area contributed by atoms with Crippen molar-refractivity contribution in [2.45, 2.75) is 18.9 Å². The van der Waals surface area contributed by atoms with Crippen LogP contribution in [0.15, 0.2) is 35.0 Å². The predicted octanol–water partition coefficient (Wildman–Crippen LogP) is 3.36. The second kappa shape index (κ2) is 3.47. The topological polar surface area (TPSA) is 26.0 Å². The van der Waals surface area contributed by atoms with E-state index in [2.05, 4.69) is 35.0 Å². The largest absolute Gasteiger partial charge is 0.324 e. The molecule has 0 amide bonds. The third-order valence-electron chi connectivity index (χ3n) is 3.15. The zero-order valence-electron chi connectivity index (χ0n) is 8.44. The molecule has 0 fully saturated rings. The van der Waals surface area contributed by atoms with Crippen LogP contribution in [0.5, 0.6) is 0 Å². The fraction of sp³-hybridized carbons (Fsp3) is 0.231. The maximum absolute atomic E-state index is 6.07. The van der Waals surface area contributed by atoms with Crippen LogP contribution in [0, 0.1) is 0 Å². The first-order valence-corrected chi connectivity index (χ1v) is 6.20. The van der Waals surface area contributed by atoms with Crippen molar-refractivity contribution >= 4 is 11.3 Å². The summed E-state index contributed by atoms with van der Waals surface area (Å²) in [4.78, 5) is 0. The Hall–Kier alpha value is -1.12. The molecule has 1 aliphatic rings. The maximum atomic E-state index is 6.07. The normalized spacial score (nSPS) is 19.1. The van der Waals surface area contributed by atoms with Crippen LogP contribution in [0.3, 0.4) is 0 Å². The molecule has 0 aliphatic heterocycles. The first-order chi connectivity index (χ1) is 7.36. The van der Waals surface area contributed by atoms with Gasteiger partial charge in [0.05, 0.1) is 0 Å². The first-order valence-electron chi connectivity index (χ1n) is 5.26. The summed E-state index contributed by atoms with van der Waals surface area (Å²) in [6.07, 6.45) is 2.22. The van der Waals surface area contributed by atoms with Crippen molar-refractivity contribution in [3.05, 3.63) is 46.2 Å². The molecule has 0 saturated carbocycles. The van der Waals surface area contributed by atoms with Gasteiger partial charge >= 0.3 is 0 Å². The second-order valence-corrected chi connectivity index (χ2v) is 4.81. The molecule has 0 spiro atoms. The average molecular weight is 215 g/mol. The highest BCUT2D eigenvalue weighted by Crippen LogP contribution is 2.36. The summed E-state index contributed by atoms with van der Waals surface area (Å²) in [5, 5.41) is 4.34. The Bertz CT molecular complexity index is 473. The zero-order chi connectivity index (χ0) is 10.3. The molecule has 0 radical (unpaired) electrons. The molecule has 1 aliphatic carbocycles. The lowest BCUT2D eigenvalue weighted by atomic mass is 9.98. The summed E-state index contributed by atoms with van der Waals surface area (Å²) < 4.78 is 0. The van der Waals surface area contributed by atoms with Crippen molar-refractivity contribution in [1.82, 2.24) is 0 Å². The van der Waals surface area contributed by atoms with Gasteiger partial charge in [0.25, 0.3) is 0 Å². The predicted molar refractivity (Wildman–Crippen MR) is 65.0 cm³/mol. The lowest BCUT2D eigenvalue weighted by molar-refractivity contribution is 0.713. The molecule has 3 rings (SSSR count). The summed E-state index contributed by atoms with van der Waals surface area (Å²) >= 11 is 1.75. The monoisotopic (exact) mass is 215 g/mol. The van der Waals surface area contributed by atoms with Crippen LogP contribution >= 0.6 is 11.3 Å². The lowest BCUT2D eigenvalue weighted by Crippen LogP contribution is -2.04. The third kappa shape index (κ3) is 1.41. The molecule has 1 aromatic carbocycles. The molecular weight excluding hydrogens is 202 g/mol. The molecule has 1 atom stereocenters. The van der Waals surface area contributed by atoms with E-state index in [4.69, 9.17) is 5.73 Å². The van der Waals surface area contributed by atoms with E-state index in [9.17, 15) is 0 Å². The Morgan fingerprint density at radius 3 is 3.00 bits per heavy atom. The minimum Gasteiger partial charge on any atom is -0.324 e. The third-order valence-corrected chi connectivity index (χ3v) is 3.83. The molecule has 1 unspecified atom stereocenters. The number of fused-ring (bicyclic) bond motifs is 1. The highest BCUT2D eigenvalue weighted by atomic mass is 32.1. The summed E-state index contributed by atoms with van der Waals surface area (Å²) in [5.41, 5.74) is 11.6. The minimum absolute atomic E-state index is 0.249. The van der Waals surface area contributed by atoms with E-state index >= 15 is 0 Å². The molecule has 0 bridgehead atoms. The van der Waals surface area contributed by atoms with Gasteiger partial charge in [0, 0.05) is 6.04 Å². The van der Waals surface area contributed by atoms with Crippen molar-refractivity contribution < 1.29 is 0 Å². The van der Waals surface area contributed by atoms with Crippen LogP contribution in [0.1, 0.15) is 23.6 Å². The number of thiophene rings is 1. The SMILES string of the molecule is NC1CCc2c(-c3ccsc3)cccc21. The summed E-state index contributed by atoms with van der Waals surface area (Å²) in [5.74, 6) is 0. The average Bonchev–Trinajstić information content (AvgIpc) is 2.88. The van der Waals surface area contributed by atoms with Crippen molar-refractivity contribution in [2.24, 2.45) is 5.73 Å². The minimum atomic E-state index is 0.249. The highest BCUT2D eigenvalue weighted by Gasteiger charge is 2.21. The van der Waals surface area contributed by atoms with Crippen molar-refractivity contribution in [1.29, 1.82) is 0 Å². The molecule has 0 saturated heterocycles. The Labute approximate surface area is 93.6 Å². The maximum Gasteiger partial charge on any atom is 0.0300 e. The van der Waals surface area contributed by atoms with Crippen LogP contribution in [-0.2, 0) is 6.42 Å². The molecule has 2 heteroatoms. The number of hydrogen-bond acceptors (Lipinski definition) is 2. The van der Waals surface area contributed by atoms with Gasteiger partial charge in [-0.2, -0.15) is 11.3 Å². The van der Waals surface area contributed by atoms with Gasteiger partial charge in [0.2, 0.25) is 0 Å². The fourth-order valence-corrected chi connectivity index (χ4v) is 3.03. The molecule has 1 aromatic heterocycles. The van der Waals surface area contributed by atoms with Gasteiger partial charge in [-0.3, -0.25) is 0 Å². The van der Waals surface area contributed by atoms with Crippen LogP contribution < -0.4 is 5.73 Å². The summed E-state index contributed by atoms with van der Waals surface area (Å²) in [6.45, 7) is 0. The second-order valence-electron chi connectivity index (χ2n) is 4.03. The lowest BCUT2D eigenvalue weighted by Gasteiger charge is -2.08. The molecule has 2 N–H and O–H groups in total. The van der Waals surface area contributed by atoms with Crippen LogP contribution in [0.4, 0.5) is 0 Å². The van der Waals surface area contributed by atoms with E-state index in [1.54, 1.807) is 11.3 Å². The number of hydrogen-bond donors (Lipinski definition) is 1. The van der Waals surface area contributed by atoms with Gasteiger partial charge in [-0.25, -0.2) is 0 Å². The molecular formula is C13H13NS. The first kappa shape index (κ1) is 9.13. The van der Waals surface area contributed by atoms with Gasteiger partial charge in [0.15, 0.2) is 0 Å². The van der Waals surface area contributed by atoms with Crippen molar-refractivity contribution in [3.8, 4) is 11.1 Å². The van der Waals surface area contributed by atoms with Gasteiger partial charge < -0.3 is 5.73 Å². The standard InChI is InChI=1S/C13H13NS/c14-13-5-4-11-10(2-1-3-12(11)13)9-6-7-15-8-9/h1-3,6-8,13H,4-5,14H2. The van der Waals surface area contributed by atoms with Gasteiger partial charge in [0.1, 0.15) is 0 Å². The highest BCUT2D eigenvalue weighted by molar-refractivity contribution is 7.08. The van der Waals surface area contributed by atoms with Crippen molar-refractivity contribution in [3.63, 3.8) is 0 Å². The molecule has 2 aromatic rings. The number of rotatable bonds is 1. The molecule has 15 heavy (non-hydrogen) atoms. The smallest absolute Gasteiger partial charge is 0.0300 e. The Morgan fingerprint density at radius 1 is 1.27 bits per heavy atom. The number of benzene rings is 1. The quantitative estimate of drug-likeness (QED) is 0.775. The molecule has 1 nitrogen and oxygen atoms in total.